The number of hydrogen-bond donors (Lipinski definition) is 0. The van der Waals surface area contributed by atoms with E-state index in [1.165, 1.54) is 87.6 Å². The van der Waals surface area contributed by atoms with Crippen molar-refractivity contribution in [3.05, 3.63) is 194 Å². The van der Waals surface area contributed by atoms with Gasteiger partial charge >= 0.3 is 0 Å². The lowest BCUT2D eigenvalue weighted by Crippen LogP contribution is -1.92. The fourth-order valence-electron chi connectivity index (χ4n) is 8.66. The highest BCUT2D eigenvalue weighted by molar-refractivity contribution is 6.22. The molecule has 0 bridgehead atoms. The topological polar surface area (TPSA) is 13.1 Å². The van der Waals surface area contributed by atoms with Gasteiger partial charge in [-0.05, 0) is 124 Å². The minimum absolute atomic E-state index is 0.910. The maximum atomic E-state index is 6.22. The number of hydrogen-bond acceptors (Lipinski definition) is 1. The van der Waals surface area contributed by atoms with Crippen LogP contribution in [0.5, 0.6) is 0 Å². The largest absolute Gasteiger partial charge is 0.456 e. The van der Waals surface area contributed by atoms with E-state index in [4.69, 9.17) is 4.42 Å². The van der Waals surface area contributed by atoms with E-state index >= 15 is 0 Å². The molecule has 0 atom stereocenters. The van der Waals surface area contributed by atoms with Crippen LogP contribution in [-0.2, 0) is 0 Å². The van der Waals surface area contributed by atoms with Crippen molar-refractivity contribution < 1.29 is 4.42 Å². The Hall–Kier alpha value is -6.96. The zero-order chi connectivity index (χ0) is 34.9. The summed E-state index contributed by atoms with van der Waals surface area (Å²) in [4.78, 5) is 0. The van der Waals surface area contributed by atoms with Gasteiger partial charge in [0.05, 0.1) is 0 Å². The first-order valence-electron chi connectivity index (χ1n) is 18.3. The van der Waals surface area contributed by atoms with Crippen LogP contribution in [0.25, 0.3) is 110 Å². The molecule has 1 aromatic heterocycles. The molecule has 0 aliphatic heterocycles. The third-order valence-electron chi connectivity index (χ3n) is 11.0. The Labute approximate surface area is 307 Å². The van der Waals surface area contributed by atoms with Crippen LogP contribution in [0.3, 0.4) is 0 Å². The molecule has 0 unspecified atom stereocenters. The van der Waals surface area contributed by atoms with Crippen LogP contribution in [0.4, 0.5) is 0 Å². The van der Waals surface area contributed by atoms with E-state index < -0.39 is 0 Å². The quantitative estimate of drug-likeness (QED) is 0.170. The molecule has 0 amide bonds. The van der Waals surface area contributed by atoms with Crippen molar-refractivity contribution in [3.63, 3.8) is 0 Å². The third-order valence-corrected chi connectivity index (χ3v) is 11.0. The molecule has 0 aliphatic rings. The zero-order valence-corrected chi connectivity index (χ0v) is 28.9. The fourth-order valence-corrected chi connectivity index (χ4v) is 8.66. The Balaban J connectivity index is 1.16. The second kappa shape index (κ2) is 11.8. The summed E-state index contributed by atoms with van der Waals surface area (Å²) in [5, 5.41) is 12.2. The first-order valence-corrected chi connectivity index (χ1v) is 18.3. The molecule has 10 aromatic carbocycles. The summed E-state index contributed by atoms with van der Waals surface area (Å²) in [5.41, 5.74) is 11.6. The predicted molar refractivity (Wildman–Crippen MR) is 225 cm³/mol. The highest BCUT2D eigenvalue weighted by atomic mass is 16.3. The summed E-state index contributed by atoms with van der Waals surface area (Å²) in [5.74, 6) is 0. The lowest BCUT2D eigenvalue weighted by Gasteiger charge is -2.19. The number of para-hydroxylation sites is 1. The molecule has 1 heterocycles. The Bertz CT molecular complexity index is 3170. The molecular weight excluding hydrogens is 641 g/mol. The van der Waals surface area contributed by atoms with Gasteiger partial charge in [-0.2, -0.15) is 0 Å². The van der Waals surface area contributed by atoms with Crippen molar-refractivity contribution in [2.45, 2.75) is 0 Å². The number of furan rings is 1. The first kappa shape index (κ1) is 29.7. The average molecular weight is 673 g/mol. The Kier molecular flexibility index (Phi) is 6.62. The molecule has 53 heavy (non-hydrogen) atoms. The predicted octanol–water partition coefficient (Wildman–Crippen LogP) is 14.9. The molecule has 0 fully saturated rings. The summed E-state index contributed by atoms with van der Waals surface area (Å²) in [6.07, 6.45) is 0. The normalized spacial score (nSPS) is 11.8. The van der Waals surface area contributed by atoms with Gasteiger partial charge in [0.15, 0.2) is 0 Å². The van der Waals surface area contributed by atoms with E-state index in [0.29, 0.717) is 0 Å². The first-order chi connectivity index (χ1) is 26.3. The van der Waals surface area contributed by atoms with Crippen LogP contribution in [0.1, 0.15) is 0 Å². The fraction of sp³-hybridized carbons (Fsp3) is 0. The van der Waals surface area contributed by atoms with Gasteiger partial charge in [-0.3, -0.25) is 0 Å². The summed E-state index contributed by atoms with van der Waals surface area (Å²) < 4.78 is 6.22. The van der Waals surface area contributed by atoms with E-state index in [-0.39, 0.29) is 0 Å². The molecule has 11 rings (SSSR count). The van der Waals surface area contributed by atoms with Crippen molar-refractivity contribution in [1.82, 2.24) is 0 Å². The maximum Gasteiger partial charge on any atom is 0.135 e. The molecule has 0 aliphatic carbocycles. The highest BCUT2D eigenvalue weighted by Crippen LogP contribution is 2.46. The van der Waals surface area contributed by atoms with Crippen molar-refractivity contribution in [2.75, 3.05) is 0 Å². The highest BCUT2D eigenvalue weighted by Gasteiger charge is 2.19. The van der Waals surface area contributed by atoms with E-state index in [0.717, 1.165) is 21.9 Å². The zero-order valence-electron chi connectivity index (χ0n) is 28.9. The van der Waals surface area contributed by atoms with Gasteiger partial charge in [-0.25, -0.2) is 0 Å². The van der Waals surface area contributed by atoms with Gasteiger partial charge in [-0.1, -0.05) is 158 Å². The second-order valence-corrected chi connectivity index (χ2v) is 14.0. The van der Waals surface area contributed by atoms with Gasteiger partial charge in [-0.15, -0.1) is 0 Å². The average Bonchev–Trinajstić information content (AvgIpc) is 3.60. The SMILES string of the molecule is c1cc(-c2cccc3ccccc23)cc(-c2c3ccccc3c(-c3cc(-c4ccc5oc6ccccc6c5c4)c4ccccc4c3)c3ccccc23)c1. The number of fused-ring (bicyclic) bond motifs is 7. The minimum Gasteiger partial charge on any atom is -0.456 e. The lowest BCUT2D eigenvalue weighted by molar-refractivity contribution is 0.669. The molecule has 0 saturated carbocycles. The Morgan fingerprint density at radius 1 is 0.245 bits per heavy atom. The van der Waals surface area contributed by atoms with E-state index in [2.05, 4.69) is 182 Å². The lowest BCUT2D eigenvalue weighted by atomic mass is 9.84. The molecular formula is C52H32O. The summed E-state index contributed by atoms with van der Waals surface area (Å²) in [6.45, 7) is 0. The molecule has 0 spiro atoms. The molecule has 0 saturated heterocycles. The minimum atomic E-state index is 0.910. The Morgan fingerprint density at radius 3 is 1.49 bits per heavy atom. The molecule has 11 aromatic rings. The van der Waals surface area contributed by atoms with Crippen LogP contribution < -0.4 is 0 Å². The molecule has 1 heteroatoms. The number of benzene rings is 10. The third kappa shape index (κ3) is 4.71. The monoisotopic (exact) mass is 672 g/mol. The number of rotatable bonds is 4. The molecule has 1 nitrogen and oxygen atoms in total. The van der Waals surface area contributed by atoms with E-state index in [1.807, 2.05) is 12.1 Å². The Morgan fingerprint density at radius 2 is 0.755 bits per heavy atom. The van der Waals surface area contributed by atoms with E-state index in [1.54, 1.807) is 0 Å². The van der Waals surface area contributed by atoms with Crippen molar-refractivity contribution in [3.8, 4) is 44.5 Å². The molecule has 0 radical (unpaired) electrons. The summed E-state index contributed by atoms with van der Waals surface area (Å²) in [7, 11) is 0. The van der Waals surface area contributed by atoms with Gasteiger partial charge < -0.3 is 4.42 Å². The second-order valence-electron chi connectivity index (χ2n) is 14.0. The van der Waals surface area contributed by atoms with Crippen molar-refractivity contribution in [2.24, 2.45) is 0 Å². The standard InChI is InChI=1S/C52H32O/c1-3-18-39-33(13-1)15-12-25-40(39)35-16-11-17-37(29-35)51-43-21-5-7-23-45(43)52(46-24-8-6-22-44(46)51)38-30-34-14-2-4-19-41(34)47(32-38)36-27-28-50-48(31-36)42-20-9-10-26-49(42)53-50/h1-32H. The molecule has 246 valence electrons. The van der Waals surface area contributed by atoms with Gasteiger partial charge in [0.25, 0.3) is 0 Å². The van der Waals surface area contributed by atoms with Crippen LogP contribution in [0.15, 0.2) is 199 Å². The van der Waals surface area contributed by atoms with Gasteiger partial charge in [0.2, 0.25) is 0 Å². The van der Waals surface area contributed by atoms with Crippen molar-refractivity contribution in [1.29, 1.82) is 0 Å². The summed E-state index contributed by atoms with van der Waals surface area (Å²) >= 11 is 0. The van der Waals surface area contributed by atoms with E-state index in [9.17, 15) is 0 Å². The smallest absolute Gasteiger partial charge is 0.135 e. The summed E-state index contributed by atoms with van der Waals surface area (Å²) in [6, 6.07) is 70.7. The maximum absolute atomic E-state index is 6.22. The van der Waals surface area contributed by atoms with Crippen LogP contribution in [0.2, 0.25) is 0 Å². The molecule has 0 N–H and O–H groups in total. The van der Waals surface area contributed by atoms with Gasteiger partial charge in [0.1, 0.15) is 11.2 Å². The van der Waals surface area contributed by atoms with Crippen LogP contribution in [-0.4, -0.2) is 0 Å². The van der Waals surface area contributed by atoms with Crippen molar-refractivity contribution >= 4 is 65.0 Å². The van der Waals surface area contributed by atoms with Gasteiger partial charge in [0, 0.05) is 10.8 Å². The van der Waals surface area contributed by atoms with Crippen LogP contribution >= 0.6 is 0 Å². The van der Waals surface area contributed by atoms with Crippen LogP contribution in [0, 0.1) is 0 Å².